The lowest BCUT2D eigenvalue weighted by Gasteiger charge is -2.36. The molecule has 2 heterocycles. The van der Waals surface area contributed by atoms with Gasteiger partial charge >= 0.3 is 0 Å². The second kappa shape index (κ2) is 8.52. The maximum atomic E-state index is 13.4. The van der Waals surface area contributed by atoms with Crippen molar-refractivity contribution in [2.75, 3.05) is 30.2 Å². The minimum absolute atomic E-state index is 0.0199. The van der Waals surface area contributed by atoms with E-state index < -0.39 is 22.6 Å². The predicted octanol–water partition coefficient (Wildman–Crippen LogP) is 4.57. The molecular formula is C23H25BrFN3O3S. The summed E-state index contributed by atoms with van der Waals surface area (Å²) in [6, 6.07) is 7.78. The number of halogens is 2. The van der Waals surface area contributed by atoms with Gasteiger partial charge in [-0.25, -0.2) is 9.11 Å². The summed E-state index contributed by atoms with van der Waals surface area (Å²) in [5.41, 5.74) is 1.75. The molecule has 1 saturated carbocycles. The van der Waals surface area contributed by atoms with Crippen molar-refractivity contribution in [2.24, 2.45) is 0 Å². The van der Waals surface area contributed by atoms with Crippen molar-refractivity contribution in [1.29, 1.82) is 0 Å². The van der Waals surface area contributed by atoms with Gasteiger partial charge in [-0.15, -0.1) is 0 Å². The largest absolute Gasteiger partial charge is 0.588 e. The van der Waals surface area contributed by atoms with Crippen LogP contribution in [0.4, 0.5) is 15.8 Å². The third-order valence-electron chi connectivity index (χ3n) is 6.76. The van der Waals surface area contributed by atoms with Crippen molar-refractivity contribution in [3.63, 3.8) is 0 Å². The number of nitrogens with one attached hydrogen (secondary N) is 2. The van der Waals surface area contributed by atoms with Gasteiger partial charge in [0, 0.05) is 19.2 Å². The molecule has 2 fully saturated rings. The number of anilines is 2. The van der Waals surface area contributed by atoms with E-state index in [9.17, 15) is 13.7 Å². The van der Waals surface area contributed by atoms with Crippen LogP contribution in [0.1, 0.15) is 37.7 Å². The Morgan fingerprint density at radius 2 is 2.03 bits per heavy atom. The lowest BCUT2D eigenvalue weighted by molar-refractivity contribution is -0.123. The lowest BCUT2D eigenvalue weighted by atomic mass is 9.65. The van der Waals surface area contributed by atoms with Gasteiger partial charge in [0.25, 0.3) is 0 Å². The van der Waals surface area contributed by atoms with Gasteiger partial charge in [0.05, 0.1) is 21.3 Å². The summed E-state index contributed by atoms with van der Waals surface area (Å²) in [6.45, 7) is 1.92. The Morgan fingerprint density at radius 1 is 1.28 bits per heavy atom. The third kappa shape index (κ3) is 3.89. The molecule has 2 aromatic rings. The first-order chi connectivity index (χ1) is 15.4. The summed E-state index contributed by atoms with van der Waals surface area (Å²) in [6.07, 6.45) is 4.50. The van der Waals surface area contributed by atoms with Gasteiger partial charge in [-0.3, -0.25) is 4.79 Å². The van der Waals surface area contributed by atoms with Gasteiger partial charge in [0.1, 0.15) is 29.0 Å². The maximum Gasteiger partial charge on any atom is 0.235 e. The second-order valence-electron chi connectivity index (χ2n) is 8.85. The Hall–Kier alpha value is -1.81. The Kier molecular flexibility index (Phi) is 5.86. The van der Waals surface area contributed by atoms with Crippen molar-refractivity contribution in [3.8, 4) is 5.75 Å². The van der Waals surface area contributed by atoms with Crippen molar-refractivity contribution in [3.05, 3.63) is 46.2 Å². The van der Waals surface area contributed by atoms with Crippen molar-refractivity contribution < 1.29 is 18.5 Å². The van der Waals surface area contributed by atoms with Gasteiger partial charge in [-0.2, -0.15) is 0 Å². The van der Waals surface area contributed by atoms with Crippen LogP contribution in [0.5, 0.6) is 5.75 Å². The second-order valence-corrected chi connectivity index (χ2v) is 10.9. The van der Waals surface area contributed by atoms with Crippen LogP contribution in [0.2, 0.25) is 0 Å². The normalized spacial score (nSPS) is 21.1. The molecular weight excluding hydrogens is 497 g/mol. The number of fused-ring (bicyclic) bond motifs is 2. The third-order valence-corrected chi connectivity index (χ3v) is 8.86. The van der Waals surface area contributed by atoms with E-state index in [1.54, 1.807) is 0 Å². The highest BCUT2D eigenvalue weighted by Gasteiger charge is 2.52. The fraction of sp³-hybridized carbons (Fsp3) is 0.435. The molecule has 32 heavy (non-hydrogen) atoms. The number of hydrogen-bond donors (Lipinski definition) is 2. The molecule has 0 aromatic heterocycles. The molecule has 2 aromatic carbocycles. The van der Waals surface area contributed by atoms with E-state index in [1.807, 2.05) is 12.1 Å². The van der Waals surface area contributed by atoms with E-state index in [0.717, 1.165) is 56.4 Å². The van der Waals surface area contributed by atoms with Crippen LogP contribution in [-0.2, 0) is 21.6 Å². The molecule has 3 aliphatic rings. The highest BCUT2D eigenvalue weighted by atomic mass is 79.9. The molecule has 9 heteroatoms. The molecule has 1 amide bonds. The lowest BCUT2D eigenvalue weighted by Crippen LogP contribution is -2.40. The van der Waals surface area contributed by atoms with E-state index in [0.29, 0.717) is 20.8 Å². The number of benzene rings is 2. The standard InChI is InChI=1S/C23H25BrFN3O3S/c1-28-9-5-16(6-10-28)31-19-13-15(27-32(30)20-4-3-14(25)11-18(20)24)12-17-21(19)26-22(29)23(17)7-2-8-23/h3-4,11-13,16,27H,2,5-10H2,1H3,(H,26,29). The number of carbonyl (C=O) groups excluding carboxylic acids is 1. The van der Waals surface area contributed by atoms with Crippen molar-refractivity contribution in [2.45, 2.75) is 48.5 Å². The molecule has 1 spiro atoms. The van der Waals surface area contributed by atoms with Crippen molar-refractivity contribution in [1.82, 2.24) is 4.90 Å². The Bertz CT molecular complexity index is 1060. The van der Waals surface area contributed by atoms with Crippen LogP contribution in [0.15, 0.2) is 39.7 Å². The molecule has 170 valence electrons. The molecule has 1 unspecified atom stereocenters. The molecule has 1 atom stereocenters. The van der Waals surface area contributed by atoms with Crippen molar-refractivity contribution >= 4 is 44.6 Å². The van der Waals surface area contributed by atoms with Crippen LogP contribution in [0, 0.1) is 5.82 Å². The van der Waals surface area contributed by atoms with Crippen LogP contribution in [-0.4, -0.2) is 41.6 Å². The minimum atomic E-state index is -1.62. The number of carbonyl (C=O) groups is 1. The van der Waals surface area contributed by atoms with E-state index >= 15 is 0 Å². The zero-order valence-electron chi connectivity index (χ0n) is 17.7. The molecule has 0 radical (unpaired) electrons. The maximum absolute atomic E-state index is 13.4. The topological polar surface area (TPSA) is 76.7 Å². The molecule has 2 N–H and O–H groups in total. The summed E-state index contributed by atoms with van der Waals surface area (Å²) < 4.78 is 36.3. The summed E-state index contributed by atoms with van der Waals surface area (Å²) >= 11 is 1.67. The average molecular weight is 522 g/mol. The van der Waals surface area contributed by atoms with E-state index in [-0.39, 0.29) is 12.0 Å². The van der Waals surface area contributed by atoms with E-state index in [4.69, 9.17) is 4.74 Å². The fourth-order valence-corrected chi connectivity index (χ4v) is 6.39. The average Bonchev–Trinajstić information content (AvgIpc) is 3.02. The minimum Gasteiger partial charge on any atom is -0.588 e. The Balaban J connectivity index is 1.47. The first-order valence-corrected chi connectivity index (χ1v) is 12.8. The van der Waals surface area contributed by atoms with E-state index in [1.165, 1.54) is 18.2 Å². The van der Waals surface area contributed by atoms with E-state index in [2.05, 4.69) is 37.9 Å². The highest BCUT2D eigenvalue weighted by Crippen LogP contribution is 2.54. The van der Waals surface area contributed by atoms with Crippen LogP contribution in [0.3, 0.4) is 0 Å². The molecule has 5 rings (SSSR count). The van der Waals surface area contributed by atoms with Gasteiger partial charge in [0.2, 0.25) is 5.91 Å². The van der Waals surface area contributed by atoms with Gasteiger partial charge in [-0.1, -0.05) is 6.42 Å². The zero-order chi connectivity index (χ0) is 22.5. The summed E-state index contributed by atoms with van der Waals surface area (Å²) in [4.78, 5) is 15.6. The first-order valence-electron chi connectivity index (χ1n) is 10.8. The zero-order valence-corrected chi connectivity index (χ0v) is 20.2. The number of ether oxygens (including phenoxy) is 1. The summed E-state index contributed by atoms with van der Waals surface area (Å²) in [5, 5.41) is 3.06. The summed E-state index contributed by atoms with van der Waals surface area (Å²) in [7, 11) is 2.10. The number of likely N-dealkylation sites (tertiary alicyclic amines) is 1. The molecule has 6 nitrogen and oxygen atoms in total. The first kappa shape index (κ1) is 22.0. The number of piperidine rings is 1. The predicted molar refractivity (Wildman–Crippen MR) is 126 cm³/mol. The van der Waals surface area contributed by atoms with Gasteiger partial charge in [0.15, 0.2) is 4.90 Å². The quantitative estimate of drug-likeness (QED) is 0.563. The Labute approximate surface area is 198 Å². The highest BCUT2D eigenvalue weighted by molar-refractivity contribution is 9.10. The molecule has 2 aliphatic heterocycles. The molecule has 1 saturated heterocycles. The monoisotopic (exact) mass is 521 g/mol. The smallest absolute Gasteiger partial charge is 0.235 e. The number of amides is 1. The number of rotatable bonds is 5. The number of nitrogens with zero attached hydrogens (tertiary/aromatic N) is 1. The van der Waals surface area contributed by atoms with Gasteiger partial charge < -0.3 is 19.5 Å². The van der Waals surface area contributed by atoms with Crippen LogP contribution < -0.4 is 14.8 Å². The SMILES string of the molecule is CN1CCC(Oc2cc(N[S+]([O-])c3ccc(F)cc3Br)cc3c2NC(=O)C32CCC2)CC1. The van der Waals surface area contributed by atoms with Gasteiger partial charge in [-0.05, 0) is 78.5 Å². The summed E-state index contributed by atoms with van der Waals surface area (Å²) in [5.74, 6) is 0.235. The molecule has 0 bridgehead atoms. The fourth-order valence-electron chi connectivity index (χ4n) is 4.73. The van der Waals surface area contributed by atoms with Crippen LogP contribution >= 0.6 is 15.9 Å². The Morgan fingerprint density at radius 3 is 2.69 bits per heavy atom. The number of hydrogen-bond acceptors (Lipinski definition) is 5. The molecule has 1 aliphatic carbocycles. The van der Waals surface area contributed by atoms with Crippen LogP contribution in [0.25, 0.3) is 0 Å².